The van der Waals surface area contributed by atoms with Crippen molar-refractivity contribution < 1.29 is 14.6 Å². The van der Waals surface area contributed by atoms with Crippen LogP contribution in [-0.2, 0) is 0 Å². The number of carbonyl (C=O) groups is 1. The topological polar surface area (TPSA) is 75.8 Å². The van der Waals surface area contributed by atoms with Crippen molar-refractivity contribution in [3.8, 4) is 5.75 Å². The van der Waals surface area contributed by atoms with E-state index in [-0.39, 0.29) is 5.56 Å². The lowest BCUT2D eigenvalue weighted by molar-refractivity contribution is 0.0697. The molecule has 0 fully saturated rings. The lowest BCUT2D eigenvalue weighted by atomic mass is 10.2. The van der Waals surface area contributed by atoms with Gasteiger partial charge in [-0.25, -0.2) is 4.79 Å². The summed E-state index contributed by atoms with van der Waals surface area (Å²) in [6.07, 6.45) is 0. The molecule has 0 bridgehead atoms. The summed E-state index contributed by atoms with van der Waals surface area (Å²) in [6.45, 7) is 6.22. The standard InChI is InChI=1S/C14H21ClN2O3/c1-10(2)17(6-5-15)7-8-20-13-4-3-11(14(18)19)9-12(13)16/h3-4,9-10H,5-8,16H2,1-2H3,(H,18,19). The van der Waals surface area contributed by atoms with Crippen LogP contribution in [0.3, 0.4) is 0 Å². The molecule has 0 heterocycles. The highest BCUT2D eigenvalue weighted by Gasteiger charge is 2.10. The van der Waals surface area contributed by atoms with Crippen molar-refractivity contribution in [2.75, 3.05) is 31.3 Å². The Morgan fingerprint density at radius 2 is 2.15 bits per heavy atom. The number of ether oxygens (including phenoxy) is 1. The van der Waals surface area contributed by atoms with Crippen LogP contribution < -0.4 is 10.5 Å². The molecule has 0 aliphatic heterocycles. The zero-order valence-electron chi connectivity index (χ0n) is 11.8. The Labute approximate surface area is 124 Å². The molecule has 1 aromatic carbocycles. The molecule has 5 nitrogen and oxygen atoms in total. The second kappa shape index (κ2) is 7.97. The first-order chi connectivity index (χ1) is 9.45. The minimum atomic E-state index is -1.00. The van der Waals surface area contributed by atoms with E-state index in [1.807, 2.05) is 0 Å². The Morgan fingerprint density at radius 3 is 2.65 bits per heavy atom. The fourth-order valence-electron chi connectivity index (χ4n) is 1.82. The molecule has 6 heteroatoms. The van der Waals surface area contributed by atoms with Crippen molar-refractivity contribution in [2.45, 2.75) is 19.9 Å². The molecule has 0 atom stereocenters. The lowest BCUT2D eigenvalue weighted by Gasteiger charge is -2.25. The molecule has 0 aromatic heterocycles. The number of benzene rings is 1. The number of nitrogen functional groups attached to an aromatic ring is 1. The second-order valence-corrected chi connectivity index (χ2v) is 5.10. The first-order valence-electron chi connectivity index (χ1n) is 6.51. The first-order valence-corrected chi connectivity index (χ1v) is 7.04. The van der Waals surface area contributed by atoms with Crippen LogP contribution in [0.1, 0.15) is 24.2 Å². The maximum Gasteiger partial charge on any atom is 0.335 e. The zero-order valence-corrected chi connectivity index (χ0v) is 12.6. The predicted molar refractivity (Wildman–Crippen MR) is 80.7 cm³/mol. The van der Waals surface area contributed by atoms with E-state index in [0.717, 1.165) is 13.1 Å². The van der Waals surface area contributed by atoms with Crippen LogP contribution in [0, 0.1) is 0 Å². The van der Waals surface area contributed by atoms with Gasteiger partial charge in [0, 0.05) is 25.0 Å². The van der Waals surface area contributed by atoms with Crippen LogP contribution in [-0.4, -0.2) is 47.6 Å². The number of aromatic carboxylic acids is 1. The number of rotatable bonds is 8. The summed E-state index contributed by atoms with van der Waals surface area (Å²) in [6, 6.07) is 4.85. The van der Waals surface area contributed by atoms with Crippen molar-refractivity contribution >= 4 is 23.3 Å². The van der Waals surface area contributed by atoms with Gasteiger partial charge < -0.3 is 15.6 Å². The third kappa shape index (κ3) is 4.90. The Bertz CT molecular complexity index is 452. The number of carboxylic acid groups (broad SMARTS) is 1. The van der Waals surface area contributed by atoms with Crippen LogP contribution in [0.4, 0.5) is 5.69 Å². The molecule has 0 saturated heterocycles. The van der Waals surface area contributed by atoms with Crippen molar-refractivity contribution in [3.05, 3.63) is 23.8 Å². The van der Waals surface area contributed by atoms with Crippen molar-refractivity contribution in [3.63, 3.8) is 0 Å². The van der Waals surface area contributed by atoms with E-state index in [4.69, 9.17) is 27.2 Å². The lowest BCUT2D eigenvalue weighted by Crippen LogP contribution is -2.36. The average molecular weight is 301 g/mol. The van der Waals surface area contributed by atoms with E-state index in [1.54, 1.807) is 6.07 Å². The summed E-state index contributed by atoms with van der Waals surface area (Å²) in [4.78, 5) is 13.0. The van der Waals surface area contributed by atoms with Gasteiger partial charge in [0.25, 0.3) is 0 Å². The Kier molecular flexibility index (Phi) is 6.61. The van der Waals surface area contributed by atoms with Gasteiger partial charge in [0.05, 0.1) is 11.3 Å². The Hall–Kier alpha value is -1.46. The van der Waals surface area contributed by atoms with Gasteiger partial charge >= 0.3 is 5.97 Å². The van der Waals surface area contributed by atoms with Gasteiger partial charge in [-0.3, -0.25) is 4.90 Å². The molecular formula is C14H21ClN2O3. The number of alkyl halides is 1. The molecule has 3 N–H and O–H groups in total. The number of anilines is 1. The Balaban J connectivity index is 2.55. The van der Waals surface area contributed by atoms with Crippen molar-refractivity contribution in [2.24, 2.45) is 0 Å². The van der Waals surface area contributed by atoms with Gasteiger partial charge in [0.2, 0.25) is 0 Å². The molecule has 0 aliphatic carbocycles. The number of halogens is 1. The van der Waals surface area contributed by atoms with Crippen LogP contribution in [0.2, 0.25) is 0 Å². The van der Waals surface area contributed by atoms with Crippen LogP contribution >= 0.6 is 11.6 Å². The van der Waals surface area contributed by atoms with E-state index < -0.39 is 5.97 Å². The van der Waals surface area contributed by atoms with E-state index in [1.165, 1.54) is 12.1 Å². The normalized spacial score (nSPS) is 11.1. The fourth-order valence-corrected chi connectivity index (χ4v) is 2.04. The van der Waals surface area contributed by atoms with Gasteiger partial charge in [-0.05, 0) is 32.0 Å². The van der Waals surface area contributed by atoms with Gasteiger partial charge in [0.1, 0.15) is 12.4 Å². The highest BCUT2D eigenvalue weighted by molar-refractivity contribution is 6.18. The monoisotopic (exact) mass is 300 g/mol. The van der Waals surface area contributed by atoms with Crippen molar-refractivity contribution in [1.29, 1.82) is 0 Å². The third-order valence-electron chi connectivity index (χ3n) is 2.99. The van der Waals surface area contributed by atoms with E-state index >= 15 is 0 Å². The minimum absolute atomic E-state index is 0.154. The second-order valence-electron chi connectivity index (χ2n) is 4.72. The molecule has 0 aliphatic rings. The molecule has 0 radical (unpaired) electrons. The molecule has 1 rings (SSSR count). The van der Waals surface area contributed by atoms with Gasteiger partial charge in [0.15, 0.2) is 0 Å². The summed E-state index contributed by atoms with van der Waals surface area (Å²) in [7, 11) is 0. The largest absolute Gasteiger partial charge is 0.490 e. The Morgan fingerprint density at radius 1 is 1.45 bits per heavy atom. The maximum atomic E-state index is 10.8. The number of hydrogen-bond acceptors (Lipinski definition) is 4. The predicted octanol–water partition coefficient (Wildman–Crippen LogP) is 2.29. The fraction of sp³-hybridized carbons (Fsp3) is 0.500. The summed E-state index contributed by atoms with van der Waals surface area (Å²) >= 11 is 5.75. The number of hydrogen-bond donors (Lipinski definition) is 2. The maximum absolute atomic E-state index is 10.8. The van der Waals surface area contributed by atoms with Gasteiger partial charge in [-0.15, -0.1) is 11.6 Å². The number of nitrogens with two attached hydrogens (primary N) is 1. The first kappa shape index (κ1) is 16.6. The molecule has 0 spiro atoms. The van der Waals surface area contributed by atoms with E-state index in [9.17, 15) is 4.79 Å². The molecule has 0 unspecified atom stereocenters. The highest BCUT2D eigenvalue weighted by Crippen LogP contribution is 2.22. The van der Waals surface area contributed by atoms with E-state index in [2.05, 4.69) is 18.7 Å². The number of nitrogens with zero attached hydrogens (tertiary/aromatic N) is 1. The molecule has 0 amide bonds. The molecule has 1 aromatic rings. The molecule has 20 heavy (non-hydrogen) atoms. The summed E-state index contributed by atoms with van der Waals surface area (Å²) < 4.78 is 5.60. The minimum Gasteiger partial charge on any atom is -0.490 e. The summed E-state index contributed by atoms with van der Waals surface area (Å²) in [5.74, 6) is 0.0779. The zero-order chi connectivity index (χ0) is 15.1. The van der Waals surface area contributed by atoms with Crippen LogP contribution in [0.15, 0.2) is 18.2 Å². The highest BCUT2D eigenvalue weighted by atomic mass is 35.5. The third-order valence-corrected chi connectivity index (χ3v) is 3.16. The quantitative estimate of drug-likeness (QED) is 0.569. The SMILES string of the molecule is CC(C)N(CCCl)CCOc1ccc(C(=O)O)cc1N. The molecule has 112 valence electrons. The summed E-state index contributed by atoms with van der Waals surface area (Å²) in [5, 5.41) is 8.85. The smallest absolute Gasteiger partial charge is 0.335 e. The van der Waals surface area contributed by atoms with E-state index in [0.29, 0.717) is 30.0 Å². The van der Waals surface area contributed by atoms with Crippen LogP contribution in [0.25, 0.3) is 0 Å². The van der Waals surface area contributed by atoms with Crippen molar-refractivity contribution in [1.82, 2.24) is 4.90 Å². The van der Waals surface area contributed by atoms with Gasteiger partial charge in [-0.1, -0.05) is 0 Å². The molecule has 0 saturated carbocycles. The van der Waals surface area contributed by atoms with Crippen LogP contribution in [0.5, 0.6) is 5.75 Å². The average Bonchev–Trinajstić information content (AvgIpc) is 2.39. The number of carboxylic acids is 1. The molecular weight excluding hydrogens is 280 g/mol. The summed E-state index contributed by atoms with van der Waals surface area (Å²) in [5.41, 5.74) is 6.26. The van der Waals surface area contributed by atoms with Gasteiger partial charge in [-0.2, -0.15) is 0 Å².